The summed E-state index contributed by atoms with van der Waals surface area (Å²) in [4.78, 5) is 11.8. The summed E-state index contributed by atoms with van der Waals surface area (Å²) in [6, 6.07) is 7.07. The van der Waals surface area contributed by atoms with Gasteiger partial charge in [0.1, 0.15) is 6.10 Å². The molecular formula is C14H21NO3. The van der Waals surface area contributed by atoms with E-state index in [1.807, 2.05) is 13.8 Å². The molecule has 0 radical (unpaired) electrons. The highest BCUT2D eigenvalue weighted by atomic mass is 16.5. The van der Waals surface area contributed by atoms with Gasteiger partial charge in [-0.3, -0.25) is 4.79 Å². The zero-order valence-electron chi connectivity index (χ0n) is 11.1. The van der Waals surface area contributed by atoms with Crippen LogP contribution in [0.2, 0.25) is 0 Å². The first-order chi connectivity index (χ1) is 8.52. The number of aliphatic hydroxyl groups is 1. The number of nitrogens with one attached hydrogen (secondary N) is 1. The molecule has 0 spiro atoms. The highest BCUT2D eigenvalue weighted by Gasteiger charge is 2.13. The van der Waals surface area contributed by atoms with E-state index >= 15 is 0 Å². The molecule has 0 aliphatic carbocycles. The molecule has 0 saturated heterocycles. The van der Waals surface area contributed by atoms with E-state index in [0.717, 1.165) is 5.56 Å². The van der Waals surface area contributed by atoms with Gasteiger partial charge in [-0.2, -0.15) is 0 Å². The largest absolute Gasteiger partial charge is 0.392 e. The van der Waals surface area contributed by atoms with Crippen molar-refractivity contribution in [2.24, 2.45) is 5.92 Å². The number of hydrogen-bond donors (Lipinski definition) is 2. The molecule has 1 unspecified atom stereocenters. The Hall–Kier alpha value is -1.39. The lowest BCUT2D eigenvalue weighted by Crippen LogP contribution is -2.28. The van der Waals surface area contributed by atoms with Crippen molar-refractivity contribution in [1.82, 2.24) is 0 Å². The Morgan fingerprint density at radius 1 is 1.28 bits per heavy atom. The molecule has 0 aliphatic heterocycles. The van der Waals surface area contributed by atoms with E-state index in [-0.39, 0.29) is 12.5 Å². The van der Waals surface area contributed by atoms with Crippen LogP contribution >= 0.6 is 0 Å². The van der Waals surface area contributed by atoms with E-state index in [1.165, 1.54) is 0 Å². The zero-order valence-corrected chi connectivity index (χ0v) is 11.1. The summed E-state index contributed by atoms with van der Waals surface area (Å²) in [6.07, 6.45) is -0.468. The first-order valence-electron chi connectivity index (χ1n) is 6.15. The maximum atomic E-state index is 11.8. The van der Waals surface area contributed by atoms with Gasteiger partial charge >= 0.3 is 0 Å². The van der Waals surface area contributed by atoms with Gasteiger partial charge in [0.25, 0.3) is 5.91 Å². The van der Waals surface area contributed by atoms with Crippen LogP contribution in [-0.4, -0.2) is 23.7 Å². The van der Waals surface area contributed by atoms with E-state index in [1.54, 1.807) is 31.2 Å². The van der Waals surface area contributed by atoms with Crippen LogP contribution in [0.15, 0.2) is 24.3 Å². The smallest absolute Gasteiger partial charge is 0.253 e. The summed E-state index contributed by atoms with van der Waals surface area (Å²) in [5.74, 6) is 0.247. The summed E-state index contributed by atoms with van der Waals surface area (Å²) in [7, 11) is 0. The number of carbonyl (C=O) groups is 1. The number of hydrogen-bond acceptors (Lipinski definition) is 3. The van der Waals surface area contributed by atoms with Gasteiger partial charge in [0.15, 0.2) is 0 Å². The fraction of sp³-hybridized carbons (Fsp3) is 0.500. The lowest BCUT2D eigenvalue weighted by molar-refractivity contribution is -0.126. The van der Waals surface area contributed by atoms with E-state index in [9.17, 15) is 4.79 Å². The molecule has 2 N–H and O–H groups in total. The Kier molecular flexibility index (Phi) is 5.82. The van der Waals surface area contributed by atoms with E-state index in [2.05, 4.69) is 5.32 Å². The maximum Gasteiger partial charge on any atom is 0.253 e. The van der Waals surface area contributed by atoms with Crippen LogP contribution in [0.1, 0.15) is 26.3 Å². The molecule has 0 fully saturated rings. The van der Waals surface area contributed by atoms with Crippen molar-refractivity contribution in [3.8, 4) is 0 Å². The van der Waals surface area contributed by atoms with Crippen molar-refractivity contribution in [3.63, 3.8) is 0 Å². The number of benzene rings is 1. The first-order valence-corrected chi connectivity index (χ1v) is 6.15. The van der Waals surface area contributed by atoms with Gasteiger partial charge in [-0.1, -0.05) is 26.0 Å². The van der Waals surface area contributed by atoms with Gasteiger partial charge in [-0.15, -0.1) is 0 Å². The summed E-state index contributed by atoms with van der Waals surface area (Å²) >= 11 is 0. The van der Waals surface area contributed by atoms with Crippen LogP contribution < -0.4 is 5.32 Å². The molecule has 1 rings (SSSR count). The molecule has 1 aromatic rings. The Balaban J connectivity index is 2.47. The molecule has 1 aromatic carbocycles. The second-order valence-electron chi connectivity index (χ2n) is 4.71. The SMILES string of the molecule is CC(C)COC(C)C(=O)Nc1ccc(CO)cc1. The van der Waals surface area contributed by atoms with Crippen LogP contribution in [0.3, 0.4) is 0 Å². The molecule has 4 heteroatoms. The standard InChI is InChI=1S/C14H21NO3/c1-10(2)9-18-11(3)14(17)15-13-6-4-12(8-16)5-7-13/h4-7,10-11,16H,8-9H2,1-3H3,(H,15,17). The van der Waals surface area contributed by atoms with Crippen LogP contribution in [0.5, 0.6) is 0 Å². The van der Waals surface area contributed by atoms with E-state index in [0.29, 0.717) is 18.2 Å². The molecule has 0 aromatic heterocycles. The number of amides is 1. The van der Waals surface area contributed by atoms with Crippen molar-refractivity contribution in [2.75, 3.05) is 11.9 Å². The Morgan fingerprint density at radius 3 is 2.39 bits per heavy atom. The monoisotopic (exact) mass is 251 g/mol. The van der Waals surface area contributed by atoms with Gasteiger partial charge < -0.3 is 15.2 Å². The third kappa shape index (κ3) is 4.85. The number of aliphatic hydroxyl groups excluding tert-OH is 1. The van der Waals surface area contributed by atoms with Crippen LogP contribution in [-0.2, 0) is 16.1 Å². The Bertz CT molecular complexity index is 373. The molecule has 0 saturated carbocycles. The third-order valence-corrected chi connectivity index (χ3v) is 2.45. The van der Waals surface area contributed by atoms with E-state index in [4.69, 9.17) is 9.84 Å². The Labute approximate surface area is 108 Å². The predicted octanol–water partition coefficient (Wildman–Crippen LogP) is 2.18. The number of ether oxygens (including phenoxy) is 1. The van der Waals surface area contributed by atoms with Crippen molar-refractivity contribution in [1.29, 1.82) is 0 Å². The summed E-state index contributed by atoms with van der Waals surface area (Å²) < 4.78 is 5.43. The predicted molar refractivity (Wildman–Crippen MR) is 71.2 cm³/mol. The van der Waals surface area contributed by atoms with Gasteiger partial charge in [0, 0.05) is 12.3 Å². The lowest BCUT2D eigenvalue weighted by Gasteiger charge is -2.14. The van der Waals surface area contributed by atoms with Crippen molar-refractivity contribution < 1.29 is 14.6 Å². The second kappa shape index (κ2) is 7.13. The average Bonchev–Trinajstić information content (AvgIpc) is 2.36. The molecule has 4 nitrogen and oxygen atoms in total. The molecule has 18 heavy (non-hydrogen) atoms. The van der Waals surface area contributed by atoms with Crippen LogP contribution in [0.25, 0.3) is 0 Å². The molecular weight excluding hydrogens is 230 g/mol. The topological polar surface area (TPSA) is 58.6 Å². The molecule has 100 valence electrons. The molecule has 1 atom stereocenters. The average molecular weight is 251 g/mol. The summed E-state index contributed by atoms with van der Waals surface area (Å²) in [5, 5.41) is 11.7. The molecule has 0 aliphatic rings. The van der Waals surface area contributed by atoms with Crippen molar-refractivity contribution in [3.05, 3.63) is 29.8 Å². The maximum absolute atomic E-state index is 11.8. The number of rotatable bonds is 6. The normalized spacial score (nSPS) is 12.5. The third-order valence-electron chi connectivity index (χ3n) is 2.45. The number of anilines is 1. The highest BCUT2D eigenvalue weighted by Crippen LogP contribution is 2.10. The summed E-state index contributed by atoms with van der Waals surface area (Å²) in [5.41, 5.74) is 1.52. The number of carbonyl (C=O) groups excluding carboxylic acids is 1. The molecule has 1 amide bonds. The Morgan fingerprint density at radius 2 is 1.89 bits per heavy atom. The highest BCUT2D eigenvalue weighted by molar-refractivity contribution is 5.93. The van der Waals surface area contributed by atoms with E-state index < -0.39 is 6.10 Å². The minimum atomic E-state index is -0.468. The second-order valence-corrected chi connectivity index (χ2v) is 4.71. The van der Waals surface area contributed by atoms with Crippen molar-refractivity contribution >= 4 is 11.6 Å². The quantitative estimate of drug-likeness (QED) is 0.814. The van der Waals surface area contributed by atoms with Gasteiger partial charge in [0.05, 0.1) is 6.61 Å². The zero-order chi connectivity index (χ0) is 13.5. The van der Waals surface area contributed by atoms with Crippen LogP contribution in [0, 0.1) is 5.92 Å². The van der Waals surface area contributed by atoms with Crippen LogP contribution in [0.4, 0.5) is 5.69 Å². The minimum Gasteiger partial charge on any atom is -0.392 e. The fourth-order valence-corrected chi connectivity index (χ4v) is 1.35. The first kappa shape index (κ1) is 14.7. The van der Waals surface area contributed by atoms with Gasteiger partial charge in [-0.25, -0.2) is 0 Å². The van der Waals surface area contributed by atoms with Gasteiger partial charge in [0.2, 0.25) is 0 Å². The summed E-state index contributed by atoms with van der Waals surface area (Å²) in [6.45, 7) is 6.39. The molecule has 0 heterocycles. The lowest BCUT2D eigenvalue weighted by atomic mass is 10.2. The fourth-order valence-electron chi connectivity index (χ4n) is 1.35. The minimum absolute atomic E-state index is 0.00211. The van der Waals surface area contributed by atoms with Gasteiger partial charge in [-0.05, 0) is 30.5 Å². The molecule has 0 bridgehead atoms. The van der Waals surface area contributed by atoms with Crippen molar-refractivity contribution in [2.45, 2.75) is 33.5 Å².